The topological polar surface area (TPSA) is 32.3 Å². The van der Waals surface area contributed by atoms with E-state index in [4.69, 9.17) is 34.8 Å². The summed E-state index contributed by atoms with van der Waals surface area (Å²) in [7, 11) is 0. The highest BCUT2D eigenvalue weighted by Gasteiger charge is 2.38. The third-order valence-corrected chi connectivity index (χ3v) is 4.48. The number of hydrogen-bond donors (Lipinski definition) is 1. The van der Waals surface area contributed by atoms with Gasteiger partial charge in [0.15, 0.2) is 0 Å². The molecule has 1 aliphatic rings. The number of carbonyl (C=O) groups excluding carboxylic acids is 1. The van der Waals surface area contributed by atoms with Crippen molar-refractivity contribution in [1.82, 2.24) is 10.2 Å². The third kappa shape index (κ3) is 5.02. The molecule has 0 spiro atoms. The average Bonchev–Trinajstić information content (AvgIpc) is 2.72. The maximum Gasteiger partial charge on any atom is 0.252 e. The van der Waals surface area contributed by atoms with Crippen LogP contribution in [0.2, 0.25) is 0 Å². The molecule has 2 rings (SSSR count). The van der Waals surface area contributed by atoms with E-state index in [9.17, 15) is 4.79 Å². The van der Waals surface area contributed by atoms with Crippen LogP contribution in [-0.2, 0) is 0 Å². The van der Waals surface area contributed by atoms with Crippen molar-refractivity contribution in [3.8, 4) is 0 Å². The Labute approximate surface area is 146 Å². The van der Waals surface area contributed by atoms with Crippen LogP contribution in [0.4, 0.5) is 0 Å². The highest BCUT2D eigenvalue weighted by atomic mass is 35.6. The molecule has 1 N–H and O–H groups in total. The molecule has 0 radical (unpaired) electrons. The molecule has 1 aromatic rings. The highest BCUT2D eigenvalue weighted by Crippen LogP contribution is 2.33. The summed E-state index contributed by atoms with van der Waals surface area (Å²) in [6.45, 7) is 3.59. The molecular weight excluding hydrogens is 343 g/mol. The van der Waals surface area contributed by atoms with Gasteiger partial charge in [0.05, 0.1) is 0 Å². The highest BCUT2D eigenvalue weighted by molar-refractivity contribution is 6.68. The predicted octanol–water partition coefficient (Wildman–Crippen LogP) is 4.30. The molecule has 0 bridgehead atoms. The molecule has 1 atom stereocenters. The second kappa shape index (κ2) is 7.87. The fourth-order valence-electron chi connectivity index (χ4n) is 2.73. The fourth-order valence-corrected chi connectivity index (χ4v) is 3.30. The molecule has 1 unspecified atom stereocenters. The van der Waals surface area contributed by atoms with Crippen LogP contribution in [-0.4, -0.2) is 33.9 Å². The van der Waals surface area contributed by atoms with E-state index >= 15 is 0 Å². The number of benzene rings is 1. The largest absolute Gasteiger partial charge is 0.332 e. The first-order chi connectivity index (χ1) is 10.4. The summed E-state index contributed by atoms with van der Waals surface area (Å²) in [6.07, 6.45) is 3.84. The van der Waals surface area contributed by atoms with Gasteiger partial charge in [0.2, 0.25) is 3.79 Å². The number of rotatable bonds is 3. The van der Waals surface area contributed by atoms with Crippen LogP contribution in [0.3, 0.4) is 0 Å². The summed E-state index contributed by atoms with van der Waals surface area (Å²) >= 11 is 18.4. The zero-order chi connectivity index (χ0) is 16.2. The molecule has 1 saturated heterocycles. The van der Waals surface area contributed by atoms with Crippen molar-refractivity contribution in [2.75, 3.05) is 13.1 Å². The van der Waals surface area contributed by atoms with Crippen LogP contribution in [0.25, 0.3) is 0 Å². The molecule has 0 aromatic heterocycles. The zero-order valence-electron chi connectivity index (χ0n) is 12.6. The molecule has 122 valence electrons. The number of amides is 1. The number of likely N-dealkylation sites (tertiary alicyclic amines) is 1. The smallest absolute Gasteiger partial charge is 0.252 e. The van der Waals surface area contributed by atoms with Gasteiger partial charge in [-0.15, -0.1) is 0 Å². The van der Waals surface area contributed by atoms with E-state index < -0.39 is 9.96 Å². The summed E-state index contributed by atoms with van der Waals surface area (Å²) in [5, 5.41) is 2.89. The number of nitrogens with one attached hydrogen (secondary N) is 1. The minimum absolute atomic E-state index is 0.218. The Bertz CT molecular complexity index is 508. The van der Waals surface area contributed by atoms with Crippen molar-refractivity contribution in [2.45, 2.75) is 42.6 Å². The number of carbonyl (C=O) groups is 1. The lowest BCUT2D eigenvalue weighted by Gasteiger charge is -2.35. The summed E-state index contributed by atoms with van der Waals surface area (Å²) < 4.78 is -1.57. The van der Waals surface area contributed by atoms with Crippen LogP contribution >= 0.6 is 34.8 Å². The Morgan fingerprint density at radius 1 is 1.18 bits per heavy atom. The Morgan fingerprint density at radius 2 is 1.82 bits per heavy atom. The molecule has 1 amide bonds. The predicted molar refractivity (Wildman–Crippen MR) is 92.8 cm³/mol. The lowest BCUT2D eigenvalue weighted by atomic mass is 10.1. The first-order valence-electron chi connectivity index (χ1n) is 7.56. The van der Waals surface area contributed by atoms with Crippen molar-refractivity contribution < 1.29 is 4.79 Å². The van der Waals surface area contributed by atoms with Crippen LogP contribution in [0.15, 0.2) is 24.3 Å². The van der Waals surface area contributed by atoms with Gasteiger partial charge in [-0.3, -0.25) is 9.69 Å². The zero-order valence-corrected chi connectivity index (χ0v) is 14.9. The van der Waals surface area contributed by atoms with Crippen LogP contribution < -0.4 is 5.32 Å². The second-order valence-electron chi connectivity index (χ2n) is 5.74. The van der Waals surface area contributed by atoms with Gasteiger partial charge in [0.25, 0.3) is 5.91 Å². The first kappa shape index (κ1) is 17.9. The standard InChI is InChI=1S/C16H21Cl3N2O/c1-12-7-6-8-13(11-12)14(22)20-15(16(17,18)19)21-9-4-2-3-5-10-21/h6-8,11,15H,2-5,9-10H2,1H3,(H,20,22). The molecule has 0 saturated carbocycles. The van der Waals surface area contributed by atoms with Crippen LogP contribution in [0.5, 0.6) is 0 Å². The molecule has 0 aliphatic carbocycles. The monoisotopic (exact) mass is 362 g/mol. The maximum absolute atomic E-state index is 12.5. The number of aryl methyl sites for hydroxylation is 1. The van der Waals surface area contributed by atoms with Gasteiger partial charge in [0.1, 0.15) is 6.17 Å². The summed E-state index contributed by atoms with van der Waals surface area (Å²) in [5.74, 6) is -0.218. The Morgan fingerprint density at radius 3 is 2.36 bits per heavy atom. The minimum atomic E-state index is -1.57. The fraction of sp³-hybridized carbons (Fsp3) is 0.562. The van der Waals surface area contributed by atoms with E-state index in [1.807, 2.05) is 25.1 Å². The second-order valence-corrected chi connectivity index (χ2v) is 8.11. The number of halogens is 3. The summed E-state index contributed by atoms with van der Waals surface area (Å²) in [4.78, 5) is 14.5. The van der Waals surface area contributed by atoms with E-state index in [0.29, 0.717) is 5.56 Å². The van der Waals surface area contributed by atoms with Gasteiger partial charge in [-0.2, -0.15) is 0 Å². The summed E-state index contributed by atoms with van der Waals surface area (Å²) in [5.41, 5.74) is 1.60. The van der Waals surface area contributed by atoms with Gasteiger partial charge in [-0.1, -0.05) is 65.3 Å². The van der Waals surface area contributed by atoms with Gasteiger partial charge in [0, 0.05) is 18.7 Å². The average molecular weight is 364 g/mol. The third-order valence-electron chi connectivity index (χ3n) is 3.86. The normalized spacial score (nSPS) is 18.5. The van der Waals surface area contributed by atoms with Gasteiger partial charge in [-0.25, -0.2) is 0 Å². The molecule has 1 aliphatic heterocycles. The quantitative estimate of drug-likeness (QED) is 0.812. The molecule has 1 aromatic carbocycles. The van der Waals surface area contributed by atoms with Gasteiger partial charge >= 0.3 is 0 Å². The lowest BCUT2D eigenvalue weighted by Crippen LogP contribution is -2.55. The van der Waals surface area contributed by atoms with E-state index in [2.05, 4.69) is 10.2 Å². The van der Waals surface area contributed by atoms with E-state index in [1.54, 1.807) is 6.07 Å². The van der Waals surface area contributed by atoms with Crippen molar-refractivity contribution in [3.05, 3.63) is 35.4 Å². The maximum atomic E-state index is 12.5. The van der Waals surface area contributed by atoms with Crippen LogP contribution in [0.1, 0.15) is 41.6 Å². The Hall–Kier alpha value is -0.480. The molecule has 22 heavy (non-hydrogen) atoms. The number of nitrogens with zero attached hydrogens (tertiary/aromatic N) is 1. The number of alkyl halides is 3. The van der Waals surface area contributed by atoms with E-state index in [-0.39, 0.29) is 5.91 Å². The molecule has 1 heterocycles. The molecule has 3 nitrogen and oxygen atoms in total. The van der Waals surface area contributed by atoms with Gasteiger partial charge < -0.3 is 5.32 Å². The molecule has 1 fully saturated rings. The Kier molecular flexibility index (Phi) is 6.39. The Balaban J connectivity index is 2.14. The number of hydrogen-bond acceptors (Lipinski definition) is 2. The first-order valence-corrected chi connectivity index (χ1v) is 8.69. The van der Waals surface area contributed by atoms with E-state index in [0.717, 1.165) is 31.5 Å². The van der Waals surface area contributed by atoms with Crippen LogP contribution in [0, 0.1) is 6.92 Å². The SMILES string of the molecule is Cc1cccc(C(=O)NC(N2CCCCCC2)C(Cl)(Cl)Cl)c1. The van der Waals surface area contributed by atoms with E-state index in [1.165, 1.54) is 12.8 Å². The summed E-state index contributed by atoms with van der Waals surface area (Å²) in [6, 6.07) is 7.38. The molecule has 6 heteroatoms. The minimum Gasteiger partial charge on any atom is -0.332 e. The van der Waals surface area contributed by atoms with Gasteiger partial charge in [-0.05, 0) is 31.9 Å². The van der Waals surface area contributed by atoms with Crippen molar-refractivity contribution in [3.63, 3.8) is 0 Å². The van der Waals surface area contributed by atoms with Crippen molar-refractivity contribution in [2.24, 2.45) is 0 Å². The van der Waals surface area contributed by atoms with Crippen molar-refractivity contribution in [1.29, 1.82) is 0 Å². The van der Waals surface area contributed by atoms with Crippen molar-refractivity contribution >= 4 is 40.7 Å². The lowest BCUT2D eigenvalue weighted by molar-refractivity contribution is 0.0853. The molecular formula is C16H21Cl3N2O.